The minimum Gasteiger partial charge on any atom is -0.302 e. The number of hydroxylamine groups is 1. The molecule has 8 heteroatoms. The van der Waals surface area contributed by atoms with Crippen molar-refractivity contribution in [1.29, 1.82) is 0 Å². The van der Waals surface area contributed by atoms with Gasteiger partial charge in [-0.1, -0.05) is 24.3 Å². The lowest BCUT2D eigenvalue weighted by atomic mass is 10.1. The van der Waals surface area contributed by atoms with Crippen molar-refractivity contribution in [2.45, 2.75) is 20.0 Å². The standard InChI is InChI=1S/C19H17N5O3/c1-13-6-8-17(20-11-13)23-18-9-7-14(2)12-22(18)19(21-27-23)15-4-3-5-16(10-15)24(25)26/h3-12,18H,1-2H3/t18-/m1/s1. The summed E-state index contributed by atoms with van der Waals surface area (Å²) in [4.78, 5) is 22.7. The normalized spacial score (nSPS) is 18.4. The van der Waals surface area contributed by atoms with Crippen LogP contribution in [0.4, 0.5) is 11.5 Å². The van der Waals surface area contributed by atoms with Crippen LogP contribution in [0.2, 0.25) is 0 Å². The van der Waals surface area contributed by atoms with Gasteiger partial charge in [0.25, 0.3) is 5.69 Å². The molecule has 3 heterocycles. The summed E-state index contributed by atoms with van der Waals surface area (Å²) in [5.41, 5.74) is 2.68. The lowest BCUT2D eigenvalue weighted by Gasteiger charge is -2.40. The molecule has 136 valence electrons. The molecule has 27 heavy (non-hydrogen) atoms. The average Bonchev–Trinajstić information content (AvgIpc) is 2.68. The maximum atomic E-state index is 11.1. The van der Waals surface area contributed by atoms with E-state index in [4.69, 9.17) is 4.94 Å². The molecule has 2 aliphatic rings. The molecule has 0 bridgehead atoms. The number of nitro benzene ring substituents is 1. The van der Waals surface area contributed by atoms with Crippen molar-refractivity contribution in [3.8, 4) is 0 Å². The molecular formula is C19H17N5O3. The zero-order valence-corrected chi connectivity index (χ0v) is 14.8. The SMILES string of the molecule is CC1=CN2C(c3cccc([N+](=O)[O-])c3)=NON(c3ccc(C)cn3)[C@@H]2C=C1. The molecule has 0 radical (unpaired) electrons. The first-order valence-electron chi connectivity index (χ1n) is 8.40. The quantitative estimate of drug-likeness (QED) is 0.613. The first-order chi connectivity index (χ1) is 13.0. The fraction of sp³-hybridized carbons (Fsp3) is 0.158. The zero-order chi connectivity index (χ0) is 19.0. The van der Waals surface area contributed by atoms with Crippen LogP contribution in [-0.4, -0.2) is 26.8 Å². The highest BCUT2D eigenvalue weighted by Crippen LogP contribution is 2.29. The van der Waals surface area contributed by atoms with Gasteiger partial charge >= 0.3 is 0 Å². The zero-order valence-electron chi connectivity index (χ0n) is 14.8. The Morgan fingerprint density at radius 2 is 2.07 bits per heavy atom. The predicted molar refractivity (Wildman–Crippen MR) is 101 cm³/mol. The van der Waals surface area contributed by atoms with Crippen LogP contribution in [0.15, 0.2) is 71.7 Å². The summed E-state index contributed by atoms with van der Waals surface area (Å²) in [5, 5.41) is 16.9. The first-order valence-corrected chi connectivity index (χ1v) is 8.40. The summed E-state index contributed by atoms with van der Waals surface area (Å²) in [7, 11) is 0. The molecule has 1 atom stereocenters. The summed E-state index contributed by atoms with van der Waals surface area (Å²) in [6, 6.07) is 10.2. The smallest absolute Gasteiger partial charge is 0.270 e. The summed E-state index contributed by atoms with van der Waals surface area (Å²) < 4.78 is 0. The van der Waals surface area contributed by atoms with Crippen LogP contribution in [0.3, 0.4) is 0 Å². The molecule has 0 saturated heterocycles. The van der Waals surface area contributed by atoms with Gasteiger partial charge < -0.3 is 4.90 Å². The van der Waals surface area contributed by atoms with Crippen molar-refractivity contribution in [3.63, 3.8) is 0 Å². The molecular weight excluding hydrogens is 346 g/mol. The van der Waals surface area contributed by atoms with Crippen LogP contribution >= 0.6 is 0 Å². The molecule has 0 N–H and O–H groups in total. The highest BCUT2D eigenvalue weighted by molar-refractivity contribution is 6.00. The molecule has 0 fully saturated rings. The number of fused-ring (bicyclic) bond motifs is 1. The Bertz CT molecular complexity index is 981. The van der Waals surface area contributed by atoms with Crippen LogP contribution in [0.25, 0.3) is 0 Å². The highest BCUT2D eigenvalue weighted by atomic mass is 16.8. The largest absolute Gasteiger partial charge is 0.302 e. The van der Waals surface area contributed by atoms with Crippen LogP contribution in [0.1, 0.15) is 18.1 Å². The van der Waals surface area contributed by atoms with Crippen molar-refractivity contribution < 1.29 is 9.86 Å². The number of rotatable bonds is 3. The summed E-state index contributed by atoms with van der Waals surface area (Å²) in [6.07, 6.45) is 7.35. The number of amidine groups is 1. The van der Waals surface area contributed by atoms with Gasteiger partial charge in [0.2, 0.25) is 0 Å². The van der Waals surface area contributed by atoms with Crippen molar-refractivity contribution >= 4 is 17.3 Å². The molecule has 0 amide bonds. The van der Waals surface area contributed by atoms with E-state index in [0.29, 0.717) is 17.2 Å². The molecule has 2 aliphatic heterocycles. The van der Waals surface area contributed by atoms with E-state index in [1.54, 1.807) is 23.4 Å². The van der Waals surface area contributed by atoms with Gasteiger partial charge in [0.05, 0.1) is 4.92 Å². The molecule has 1 aromatic heterocycles. The van der Waals surface area contributed by atoms with Crippen LogP contribution in [0, 0.1) is 17.0 Å². The number of non-ortho nitro benzene ring substituents is 1. The van der Waals surface area contributed by atoms with Gasteiger partial charge in [0.15, 0.2) is 17.8 Å². The number of aryl methyl sites for hydroxylation is 1. The number of oxime groups is 1. The fourth-order valence-electron chi connectivity index (χ4n) is 2.95. The molecule has 8 nitrogen and oxygen atoms in total. The van der Waals surface area contributed by atoms with Gasteiger partial charge in [-0.25, -0.2) is 4.98 Å². The summed E-state index contributed by atoms with van der Waals surface area (Å²) in [6.45, 7) is 3.94. The maximum absolute atomic E-state index is 11.1. The Hall–Kier alpha value is -3.68. The van der Waals surface area contributed by atoms with Gasteiger partial charge in [-0.15, -0.1) is 5.06 Å². The van der Waals surface area contributed by atoms with E-state index in [1.165, 1.54) is 12.1 Å². The maximum Gasteiger partial charge on any atom is 0.270 e. The third-order valence-electron chi connectivity index (χ3n) is 4.30. The van der Waals surface area contributed by atoms with E-state index in [-0.39, 0.29) is 11.9 Å². The number of pyridine rings is 1. The molecule has 0 unspecified atom stereocenters. The monoisotopic (exact) mass is 363 g/mol. The fourth-order valence-corrected chi connectivity index (χ4v) is 2.95. The number of hydrogen-bond donors (Lipinski definition) is 0. The Labute approximate surface area is 155 Å². The van der Waals surface area contributed by atoms with Crippen molar-refractivity contribution in [2.24, 2.45) is 5.16 Å². The number of aromatic nitrogens is 1. The number of anilines is 1. The van der Waals surface area contributed by atoms with E-state index in [1.807, 2.05) is 49.2 Å². The minimum absolute atomic E-state index is 0.00244. The number of nitrogens with zero attached hydrogens (tertiary/aromatic N) is 5. The lowest BCUT2D eigenvalue weighted by molar-refractivity contribution is -0.384. The second kappa shape index (κ2) is 6.56. The third kappa shape index (κ3) is 3.12. The number of hydrogen-bond acceptors (Lipinski definition) is 7. The Morgan fingerprint density at radius 3 is 2.81 bits per heavy atom. The molecule has 0 saturated carbocycles. The van der Waals surface area contributed by atoms with E-state index >= 15 is 0 Å². The second-order valence-electron chi connectivity index (χ2n) is 6.38. The second-order valence-corrected chi connectivity index (χ2v) is 6.38. The van der Waals surface area contributed by atoms with Crippen molar-refractivity contribution in [1.82, 2.24) is 9.88 Å². The third-order valence-corrected chi connectivity index (χ3v) is 4.30. The summed E-state index contributed by atoms with van der Waals surface area (Å²) >= 11 is 0. The van der Waals surface area contributed by atoms with Gasteiger partial charge in [-0.2, -0.15) is 0 Å². The van der Waals surface area contributed by atoms with E-state index in [0.717, 1.165) is 11.1 Å². The first kappa shape index (κ1) is 16.8. The van der Waals surface area contributed by atoms with Gasteiger partial charge in [0.1, 0.15) is 0 Å². The molecule has 2 aromatic rings. The molecule has 0 aliphatic carbocycles. The topological polar surface area (TPSA) is 84.1 Å². The number of nitro groups is 1. The van der Waals surface area contributed by atoms with E-state index < -0.39 is 4.92 Å². The number of benzene rings is 1. The van der Waals surface area contributed by atoms with Gasteiger partial charge in [-0.3, -0.25) is 15.1 Å². The summed E-state index contributed by atoms with van der Waals surface area (Å²) in [5.74, 6) is 1.12. The Balaban J connectivity index is 1.76. The van der Waals surface area contributed by atoms with E-state index in [9.17, 15) is 10.1 Å². The highest BCUT2D eigenvalue weighted by Gasteiger charge is 2.35. The molecule has 1 aromatic carbocycles. The Morgan fingerprint density at radius 1 is 1.22 bits per heavy atom. The average molecular weight is 363 g/mol. The van der Waals surface area contributed by atoms with Gasteiger partial charge in [-0.05, 0) is 42.3 Å². The van der Waals surface area contributed by atoms with Crippen molar-refractivity contribution in [2.75, 3.05) is 5.06 Å². The number of allylic oxidation sites excluding steroid dienone is 2. The van der Waals surface area contributed by atoms with Crippen LogP contribution in [-0.2, 0) is 4.94 Å². The predicted octanol–water partition coefficient (Wildman–Crippen LogP) is 3.51. The van der Waals surface area contributed by atoms with Gasteiger partial charge in [0, 0.05) is 30.1 Å². The van der Waals surface area contributed by atoms with Crippen LogP contribution in [0.5, 0.6) is 0 Å². The Kier molecular flexibility index (Phi) is 4.08. The molecule has 0 spiro atoms. The van der Waals surface area contributed by atoms with Crippen molar-refractivity contribution in [3.05, 3.63) is 87.8 Å². The van der Waals surface area contributed by atoms with Crippen LogP contribution < -0.4 is 5.06 Å². The van der Waals surface area contributed by atoms with E-state index in [2.05, 4.69) is 10.1 Å². The molecule has 4 rings (SSSR count). The minimum atomic E-state index is -0.426. The lowest BCUT2D eigenvalue weighted by Crippen LogP contribution is -2.52.